The summed E-state index contributed by atoms with van der Waals surface area (Å²) in [7, 11) is -3.58. The maximum Gasteiger partial charge on any atom is 0.338 e. The molecule has 1 fully saturated rings. The Kier molecular flexibility index (Phi) is 6.47. The Morgan fingerprint density at radius 3 is 2.41 bits per heavy atom. The minimum absolute atomic E-state index is 0.0802. The van der Waals surface area contributed by atoms with E-state index < -0.39 is 16.0 Å². The third-order valence-corrected chi connectivity index (χ3v) is 6.25. The van der Waals surface area contributed by atoms with Gasteiger partial charge in [-0.15, -0.1) is 0 Å². The number of hydrogen-bond acceptors (Lipinski definition) is 5. The van der Waals surface area contributed by atoms with Gasteiger partial charge in [0.15, 0.2) is 0 Å². The fourth-order valence-corrected chi connectivity index (χ4v) is 4.50. The van der Waals surface area contributed by atoms with Crippen LogP contribution < -0.4 is 4.74 Å². The van der Waals surface area contributed by atoms with Crippen molar-refractivity contribution >= 4 is 16.0 Å². The van der Waals surface area contributed by atoms with Gasteiger partial charge in [0.05, 0.1) is 10.5 Å². The quantitative estimate of drug-likeness (QED) is 0.537. The molecule has 1 heterocycles. The van der Waals surface area contributed by atoms with E-state index in [2.05, 4.69) is 0 Å². The number of carbonyl (C=O) groups excluding carboxylic acids is 1. The minimum atomic E-state index is -3.58. The molecule has 144 valence electrons. The number of hydrogen-bond donors (Lipinski definition) is 0. The molecule has 3 rings (SSSR count). The fraction of sp³-hybridized carbons (Fsp3) is 0.350. The number of sulfonamides is 1. The van der Waals surface area contributed by atoms with Crippen LogP contribution in [0.1, 0.15) is 29.6 Å². The van der Waals surface area contributed by atoms with E-state index in [4.69, 9.17) is 9.47 Å². The van der Waals surface area contributed by atoms with Crippen LogP contribution in [-0.2, 0) is 14.8 Å². The molecule has 0 radical (unpaired) electrons. The van der Waals surface area contributed by atoms with Gasteiger partial charge in [-0.2, -0.15) is 4.31 Å². The average molecular weight is 389 g/mol. The van der Waals surface area contributed by atoms with Crippen molar-refractivity contribution in [3.05, 3.63) is 60.2 Å². The molecule has 1 aliphatic heterocycles. The standard InChI is InChI=1S/C20H23NO5S/c22-20(26-15-14-25-18-9-3-1-4-10-18)17-8-7-11-19(16-17)27(23,24)21-12-5-2-6-13-21/h1,3-4,7-11,16H,2,5-6,12-15H2. The highest BCUT2D eigenvalue weighted by Crippen LogP contribution is 2.21. The molecule has 0 unspecified atom stereocenters. The number of para-hydroxylation sites is 1. The van der Waals surface area contributed by atoms with Gasteiger partial charge in [-0.1, -0.05) is 30.7 Å². The molecule has 6 nitrogen and oxygen atoms in total. The topological polar surface area (TPSA) is 72.9 Å². The summed E-state index contributed by atoms with van der Waals surface area (Å²) in [6.07, 6.45) is 2.77. The summed E-state index contributed by atoms with van der Waals surface area (Å²) in [6.45, 7) is 1.35. The molecule has 2 aromatic rings. The van der Waals surface area contributed by atoms with Crippen molar-refractivity contribution in [2.75, 3.05) is 26.3 Å². The monoisotopic (exact) mass is 389 g/mol. The first kappa shape index (κ1) is 19.4. The van der Waals surface area contributed by atoms with Gasteiger partial charge in [0.25, 0.3) is 0 Å². The smallest absolute Gasteiger partial charge is 0.338 e. The van der Waals surface area contributed by atoms with E-state index in [9.17, 15) is 13.2 Å². The van der Waals surface area contributed by atoms with Crippen molar-refractivity contribution in [2.24, 2.45) is 0 Å². The Hall–Kier alpha value is -2.38. The Morgan fingerprint density at radius 1 is 0.926 bits per heavy atom. The van der Waals surface area contributed by atoms with Crippen LogP contribution in [0.4, 0.5) is 0 Å². The summed E-state index contributed by atoms with van der Waals surface area (Å²) in [5, 5.41) is 0. The highest BCUT2D eigenvalue weighted by Gasteiger charge is 2.26. The van der Waals surface area contributed by atoms with Gasteiger partial charge in [0.1, 0.15) is 19.0 Å². The number of ether oxygens (including phenoxy) is 2. The zero-order chi connectivity index (χ0) is 19.1. The van der Waals surface area contributed by atoms with Crippen LogP contribution in [0.2, 0.25) is 0 Å². The van der Waals surface area contributed by atoms with Crippen LogP contribution in [-0.4, -0.2) is 45.0 Å². The summed E-state index contributed by atoms with van der Waals surface area (Å²) in [4.78, 5) is 12.3. The minimum Gasteiger partial charge on any atom is -0.490 e. The molecule has 0 saturated carbocycles. The summed E-state index contributed by atoms with van der Waals surface area (Å²) in [6, 6.07) is 15.2. The lowest BCUT2D eigenvalue weighted by Gasteiger charge is -2.25. The second-order valence-electron chi connectivity index (χ2n) is 6.29. The number of esters is 1. The average Bonchev–Trinajstić information content (AvgIpc) is 2.72. The molecule has 0 spiro atoms. The Labute approximate surface area is 159 Å². The van der Waals surface area contributed by atoms with Crippen LogP contribution in [0.5, 0.6) is 5.75 Å². The van der Waals surface area contributed by atoms with E-state index in [1.807, 2.05) is 30.3 Å². The maximum absolute atomic E-state index is 12.7. The van der Waals surface area contributed by atoms with Crippen LogP contribution in [0.3, 0.4) is 0 Å². The number of piperidine rings is 1. The maximum atomic E-state index is 12.7. The lowest BCUT2D eigenvalue weighted by molar-refractivity contribution is 0.0450. The van der Waals surface area contributed by atoms with E-state index in [0.717, 1.165) is 19.3 Å². The second kappa shape index (κ2) is 9.01. The number of nitrogens with zero attached hydrogens (tertiary/aromatic N) is 1. The predicted octanol–water partition coefficient (Wildman–Crippen LogP) is 3.10. The second-order valence-corrected chi connectivity index (χ2v) is 8.23. The van der Waals surface area contributed by atoms with E-state index in [1.165, 1.54) is 16.4 Å². The molecule has 2 aromatic carbocycles. The molecule has 0 atom stereocenters. The van der Waals surface area contributed by atoms with Gasteiger partial charge >= 0.3 is 5.97 Å². The van der Waals surface area contributed by atoms with Crippen molar-refractivity contribution < 1.29 is 22.7 Å². The summed E-state index contributed by atoms with van der Waals surface area (Å²) in [5.74, 6) is 0.130. The molecule has 0 aliphatic carbocycles. The van der Waals surface area contributed by atoms with Gasteiger partial charge < -0.3 is 9.47 Å². The normalized spacial score (nSPS) is 15.3. The summed E-state index contributed by atoms with van der Waals surface area (Å²) in [5.41, 5.74) is 0.216. The van der Waals surface area contributed by atoms with Crippen molar-refractivity contribution in [3.63, 3.8) is 0 Å². The first-order chi connectivity index (χ1) is 13.1. The molecule has 1 aliphatic rings. The molecule has 7 heteroatoms. The van der Waals surface area contributed by atoms with Gasteiger partial charge in [-0.3, -0.25) is 0 Å². The molecule has 0 amide bonds. The zero-order valence-electron chi connectivity index (χ0n) is 15.0. The van der Waals surface area contributed by atoms with Crippen molar-refractivity contribution in [3.8, 4) is 5.75 Å². The lowest BCUT2D eigenvalue weighted by atomic mass is 10.2. The molecule has 27 heavy (non-hydrogen) atoms. The Morgan fingerprint density at radius 2 is 1.67 bits per heavy atom. The van der Waals surface area contributed by atoms with Gasteiger partial charge in [0.2, 0.25) is 10.0 Å². The van der Waals surface area contributed by atoms with Crippen LogP contribution in [0, 0.1) is 0 Å². The van der Waals surface area contributed by atoms with Crippen molar-refractivity contribution in [1.82, 2.24) is 4.31 Å². The molecule has 0 aromatic heterocycles. The van der Waals surface area contributed by atoms with E-state index in [0.29, 0.717) is 18.8 Å². The first-order valence-electron chi connectivity index (χ1n) is 9.02. The fourth-order valence-electron chi connectivity index (χ4n) is 2.93. The molecular weight excluding hydrogens is 366 g/mol. The summed E-state index contributed by atoms with van der Waals surface area (Å²) >= 11 is 0. The van der Waals surface area contributed by atoms with Crippen molar-refractivity contribution in [1.29, 1.82) is 0 Å². The Bertz CT molecular complexity index is 861. The highest BCUT2D eigenvalue weighted by molar-refractivity contribution is 7.89. The van der Waals surface area contributed by atoms with Gasteiger partial charge in [-0.25, -0.2) is 13.2 Å². The number of rotatable bonds is 7. The van der Waals surface area contributed by atoms with Crippen LogP contribution in [0.15, 0.2) is 59.5 Å². The third kappa shape index (κ3) is 5.08. The van der Waals surface area contributed by atoms with Crippen LogP contribution >= 0.6 is 0 Å². The lowest BCUT2D eigenvalue weighted by Crippen LogP contribution is -2.35. The zero-order valence-corrected chi connectivity index (χ0v) is 15.9. The summed E-state index contributed by atoms with van der Waals surface area (Å²) < 4.78 is 37.6. The highest BCUT2D eigenvalue weighted by atomic mass is 32.2. The Balaban J connectivity index is 1.58. The molecule has 0 bridgehead atoms. The van der Waals surface area contributed by atoms with E-state index >= 15 is 0 Å². The predicted molar refractivity (Wildman–Crippen MR) is 101 cm³/mol. The van der Waals surface area contributed by atoms with E-state index in [-0.39, 0.29) is 23.7 Å². The molecule has 1 saturated heterocycles. The molecular formula is C20H23NO5S. The van der Waals surface area contributed by atoms with Crippen molar-refractivity contribution in [2.45, 2.75) is 24.2 Å². The van der Waals surface area contributed by atoms with Gasteiger partial charge in [-0.05, 0) is 43.2 Å². The number of carbonyl (C=O) groups is 1. The van der Waals surface area contributed by atoms with Crippen LogP contribution in [0.25, 0.3) is 0 Å². The third-order valence-electron chi connectivity index (χ3n) is 4.35. The van der Waals surface area contributed by atoms with E-state index in [1.54, 1.807) is 12.1 Å². The van der Waals surface area contributed by atoms with Gasteiger partial charge in [0, 0.05) is 13.1 Å². The largest absolute Gasteiger partial charge is 0.490 e. The first-order valence-corrected chi connectivity index (χ1v) is 10.5. The molecule has 0 N–H and O–H groups in total. The number of benzene rings is 2. The SMILES string of the molecule is O=C(OCCOc1ccccc1)c1cccc(S(=O)(=O)N2CCCCC2)c1.